The lowest BCUT2D eigenvalue weighted by Gasteiger charge is -2.04. The zero-order chi connectivity index (χ0) is 12.2. The van der Waals surface area contributed by atoms with Gasteiger partial charge in [-0.25, -0.2) is 0 Å². The molecule has 0 fully saturated rings. The van der Waals surface area contributed by atoms with Crippen LogP contribution in [0.1, 0.15) is 58.3 Å². The van der Waals surface area contributed by atoms with Crippen LogP contribution in [0.25, 0.3) is 0 Å². The topological polar surface area (TPSA) is 55.1 Å². The van der Waals surface area contributed by atoms with Crippen LogP contribution in [-0.4, -0.2) is 17.4 Å². The highest BCUT2D eigenvalue weighted by Gasteiger charge is 1.99. The van der Waals surface area contributed by atoms with Crippen LogP contribution in [0.3, 0.4) is 0 Å². The Morgan fingerprint density at radius 2 is 1.81 bits per heavy atom. The predicted octanol–water partition coefficient (Wildman–Crippen LogP) is 2.53. The van der Waals surface area contributed by atoms with Gasteiger partial charge >= 0.3 is 0 Å². The molecule has 0 radical (unpaired) electrons. The van der Waals surface area contributed by atoms with Gasteiger partial charge in [0.25, 0.3) is 0 Å². The third-order valence-electron chi connectivity index (χ3n) is 2.43. The largest absolute Gasteiger partial charge is 0.393 e. The van der Waals surface area contributed by atoms with Gasteiger partial charge in [0.15, 0.2) is 0 Å². The second-order valence-electron chi connectivity index (χ2n) is 4.08. The molecule has 0 saturated heterocycles. The predicted molar refractivity (Wildman–Crippen MR) is 72.4 cm³/mol. The first-order valence-corrected chi connectivity index (χ1v) is 6.62. The number of carbonyl (C=O) groups excluding carboxylic acids is 1. The molecule has 0 aromatic rings. The quantitative estimate of drug-likeness (QED) is 0.458. The number of hydrogen-bond donors (Lipinski definition) is 2. The van der Waals surface area contributed by atoms with Crippen molar-refractivity contribution in [3.05, 3.63) is 0 Å². The van der Waals surface area contributed by atoms with Crippen LogP contribution in [0.4, 0.5) is 0 Å². The van der Waals surface area contributed by atoms with Crippen molar-refractivity contribution in [2.24, 2.45) is 5.73 Å². The van der Waals surface area contributed by atoms with Crippen LogP contribution >= 0.6 is 12.2 Å². The molecule has 4 heteroatoms. The van der Waals surface area contributed by atoms with Gasteiger partial charge in [-0.15, -0.1) is 0 Å². The number of rotatable bonds is 10. The van der Waals surface area contributed by atoms with Crippen molar-refractivity contribution < 1.29 is 4.79 Å². The summed E-state index contributed by atoms with van der Waals surface area (Å²) in [6, 6.07) is 0. The first kappa shape index (κ1) is 15.4. The van der Waals surface area contributed by atoms with Crippen LogP contribution in [0.15, 0.2) is 0 Å². The van der Waals surface area contributed by atoms with Crippen molar-refractivity contribution in [2.75, 3.05) is 6.54 Å². The lowest BCUT2D eigenvalue weighted by Crippen LogP contribution is -2.24. The molecule has 1 amide bonds. The van der Waals surface area contributed by atoms with Crippen molar-refractivity contribution in [1.82, 2.24) is 5.32 Å². The van der Waals surface area contributed by atoms with Crippen molar-refractivity contribution >= 4 is 23.1 Å². The number of carbonyl (C=O) groups is 1. The Kier molecular flexibility index (Phi) is 10.4. The minimum absolute atomic E-state index is 0.173. The third-order valence-corrected chi connectivity index (χ3v) is 2.63. The minimum atomic E-state index is 0.173. The summed E-state index contributed by atoms with van der Waals surface area (Å²) >= 11 is 4.77. The molecule has 0 rings (SSSR count). The van der Waals surface area contributed by atoms with Crippen molar-refractivity contribution in [2.45, 2.75) is 58.3 Å². The van der Waals surface area contributed by atoms with Gasteiger partial charge in [-0.05, 0) is 25.7 Å². The van der Waals surface area contributed by atoms with Gasteiger partial charge in [0, 0.05) is 13.0 Å². The Labute approximate surface area is 104 Å². The zero-order valence-electron chi connectivity index (χ0n) is 10.3. The molecule has 3 N–H and O–H groups in total. The molecule has 3 nitrogen and oxygen atoms in total. The van der Waals surface area contributed by atoms with E-state index in [1.165, 1.54) is 12.8 Å². The number of unbranched alkanes of at least 4 members (excludes halogenated alkanes) is 4. The van der Waals surface area contributed by atoms with E-state index in [0.717, 1.165) is 38.6 Å². The van der Waals surface area contributed by atoms with E-state index in [4.69, 9.17) is 18.0 Å². The van der Waals surface area contributed by atoms with Crippen molar-refractivity contribution in [3.63, 3.8) is 0 Å². The summed E-state index contributed by atoms with van der Waals surface area (Å²) in [6.07, 6.45) is 7.96. The second kappa shape index (κ2) is 10.9. The van der Waals surface area contributed by atoms with Crippen LogP contribution in [0.2, 0.25) is 0 Å². The van der Waals surface area contributed by atoms with Crippen LogP contribution < -0.4 is 11.1 Å². The SMILES string of the molecule is CCCCCCC(=O)NCCCCC(N)=S. The average molecular weight is 244 g/mol. The van der Waals surface area contributed by atoms with Crippen molar-refractivity contribution in [3.8, 4) is 0 Å². The molecule has 0 atom stereocenters. The summed E-state index contributed by atoms with van der Waals surface area (Å²) in [7, 11) is 0. The van der Waals surface area contributed by atoms with Crippen molar-refractivity contribution in [1.29, 1.82) is 0 Å². The van der Waals surface area contributed by atoms with E-state index in [1.54, 1.807) is 0 Å². The second-order valence-corrected chi connectivity index (χ2v) is 4.61. The Bertz CT molecular complexity index is 207. The molecule has 0 aliphatic carbocycles. The molecular formula is C12H24N2OS. The van der Waals surface area contributed by atoms with E-state index in [9.17, 15) is 4.79 Å². The molecule has 0 saturated carbocycles. The smallest absolute Gasteiger partial charge is 0.219 e. The highest BCUT2D eigenvalue weighted by atomic mass is 32.1. The zero-order valence-corrected chi connectivity index (χ0v) is 11.1. The summed E-state index contributed by atoms with van der Waals surface area (Å²) in [6.45, 7) is 2.91. The highest BCUT2D eigenvalue weighted by molar-refractivity contribution is 7.80. The number of nitrogens with two attached hydrogens (primary N) is 1. The first-order chi connectivity index (χ1) is 7.66. The molecule has 0 heterocycles. The first-order valence-electron chi connectivity index (χ1n) is 6.21. The number of thiocarbonyl (C=S) groups is 1. The van der Waals surface area contributed by atoms with Gasteiger partial charge in [-0.1, -0.05) is 38.4 Å². The lowest BCUT2D eigenvalue weighted by molar-refractivity contribution is -0.121. The summed E-state index contributed by atoms with van der Waals surface area (Å²) in [4.78, 5) is 11.9. The number of amides is 1. The maximum Gasteiger partial charge on any atom is 0.219 e. The molecule has 94 valence electrons. The summed E-state index contributed by atoms with van der Waals surface area (Å²) in [5.41, 5.74) is 5.37. The van der Waals surface area contributed by atoms with Crippen LogP contribution in [0.5, 0.6) is 0 Å². The molecule has 0 aromatic heterocycles. The van der Waals surface area contributed by atoms with E-state index in [1.807, 2.05) is 0 Å². The number of hydrogen-bond acceptors (Lipinski definition) is 2. The van der Waals surface area contributed by atoms with E-state index in [0.29, 0.717) is 11.4 Å². The fourth-order valence-corrected chi connectivity index (χ4v) is 1.60. The van der Waals surface area contributed by atoms with Gasteiger partial charge in [0.05, 0.1) is 4.99 Å². The minimum Gasteiger partial charge on any atom is -0.393 e. The van der Waals surface area contributed by atoms with Gasteiger partial charge in [-0.3, -0.25) is 4.79 Å². The Hall–Kier alpha value is -0.640. The van der Waals surface area contributed by atoms with E-state index >= 15 is 0 Å². The third kappa shape index (κ3) is 11.4. The van der Waals surface area contributed by atoms with Crippen LogP contribution in [-0.2, 0) is 4.79 Å². The lowest BCUT2D eigenvalue weighted by atomic mass is 10.1. The number of nitrogens with one attached hydrogen (secondary N) is 1. The summed E-state index contributed by atoms with van der Waals surface area (Å²) in [5.74, 6) is 0.173. The standard InChI is InChI=1S/C12H24N2OS/c1-2-3-4-5-9-12(15)14-10-7-6-8-11(13)16/h2-10H2,1H3,(H2,13,16)(H,14,15). The Morgan fingerprint density at radius 1 is 1.12 bits per heavy atom. The molecule has 0 aliphatic rings. The fourth-order valence-electron chi connectivity index (χ4n) is 1.45. The van der Waals surface area contributed by atoms with E-state index < -0.39 is 0 Å². The van der Waals surface area contributed by atoms with E-state index in [-0.39, 0.29) is 5.91 Å². The van der Waals surface area contributed by atoms with Gasteiger partial charge in [-0.2, -0.15) is 0 Å². The maximum absolute atomic E-state index is 11.3. The molecular weight excluding hydrogens is 220 g/mol. The molecule has 0 spiro atoms. The van der Waals surface area contributed by atoms with Gasteiger partial charge in [0.2, 0.25) is 5.91 Å². The molecule has 0 bridgehead atoms. The van der Waals surface area contributed by atoms with Crippen LogP contribution in [0, 0.1) is 0 Å². The summed E-state index contributed by atoms with van der Waals surface area (Å²) in [5, 5.41) is 2.91. The monoisotopic (exact) mass is 244 g/mol. The molecule has 0 aliphatic heterocycles. The molecule has 0 aromatic carbocycles. The molecule has 0 unspecified atom stereocenters. The summed E-state index contributed by atoms with van der Waals surface area (Å²) < 4.78 is 0. The Balaban J connectivity index is 3.20. The Morgan fingerprint density at radius 3 is 2.44 bits per heavy atom. The van der Waals surface area contributed by atoms with Gasteiger partial charge < -0.3 is 11.1 Å². The van der Waals surface area contributed by atoms with Gasteiger partial charge in [0.1, 0.15) is 0 Å². The van der Waals surface area contributed by atoms with E-state index in [2.05, 4.69) is 12.2 Å². The highest BCUT2D eigenvalue weighted by Crippen LogP contribution is 2.02. The maximum atomic E-state index is 11.3. The molecule has 16 heavy (non-hydrogen) atoms. The normalized spacial score (nSPS) is 10.1. The fraction of sp³-hybridized carbons (Fsp3) is 0.833. The average Bonchev–Trinajstić information content (AvgIpc) is 2.23.